The third kappa shape index (κ3) is 5.27. The molecule has 0 saturated carbocycles. The Hall–Kier alpha value is -1.14. The van der Waals surface area contributed by atoms with Gasteiger partial charge in [-0.3, -0.25) is 0 Å². The molecule has 0 N–H and O–H groups in total. The van der Waals surface area contributed by atoms with Gasteiger partial charge in [-0.15, -0.1) is 11.3 Å². The number of rotatable bonds is 5. The first-order valence-electron chi connectivity index (χ1n) is 9.77. The summed E-state index contributed by atoms with van der Waals surface area (Å²) in [5.41, 5.74) is 1.46. The maximum atomic E-state index is 14.6. The van der Waals surface area contributed by atoms with Crippen molar-refractivity contribution in [2.75, 3.05) is 18.0 Å². The Balaban J connectivity index is 1.47. The number of nitrogens with zero attached hydrogens (tertiary/aromatic N) is 2. The molecular formula is C21H16Br2ClF3N2O2S2. The highest BCUT2D eigenvalue weighted by molar-refractivity contribution is 9.11. The van der Waals surface area contributed by atoms with Gasteiger partial charge in [-0.2, -0.15) is 0 Å². The molecule has 1 aromatic heterocycles. The van der Waals surface area contributed by atoms with E-state index in [1.54, 1.807) is 6.07 Å². The largest absolute Gasteiger partial charge is 0.348 e. The number of benzene rings is 2. The predicted molar refractivity (Wildman–Crippen MR) is 131 cm³/mol. The van der Waals surface area contributed by atoms with Crippen molar-refractivity contribution in [3.63, 3.8) is 0 Å². The van der Waals surface area contributed by atoms with Gasteiger partial charge in [0.2, 0.25) is 0 Å². The van der Waals surface area contributed by atoms with Gasteiger partial charge >= 0.3 is 0 Å². The van der Waals surface area contributed by atoms with E-state index in [1.165, 1.54) is 23.5 Å². The summed E-state index contributed by atoms with van der Waals surface area (Å²) in [6.07, 6.45) is 0.911. The molecule has 0 radical (unpaired) electrons. The van der Waals surface area contributed by atoms with Crippen LogP contribution in [-0.2, 0) is 16.3 Å². The monoisotopic (exact) mass is 642 g/mol. The first-order chi connectivity index (χ1) is 15.6. The SMILES string of the molecule is O=S(=O)(c1c(F)c(Br)cc(F)c1Br)C1CCN(c2nc(Cc3cc(F)cc(Cl)c3)cs2)CC1. The molecular weight excluding hydrogens is 629 g/mol. The minimum atomic E-state index is -4.10. The molecule has 2 heterocycles. The summed E-state index contributed by atoms with van der Waals surface area (Å²) in [7, 11) is -4.10. The molecule has 0 atom stereocenters. The second-order valence-corrected chi connectivity index (χ2v) is 12.7. The van der Waals surface area contributed by atoms with Crippen molar-refractivity contribution in [3.05, 3.63) is 72.3 Å². The maximum absolute atomic E-state index is 14.6. The van der Waals surface area contributed by atoms with E-state index in [0.29, 0.717) is 30.1 Å². The number of piperidine rings is 1. The van der Waals surface area contributed by atoms with Gasteiger partial charge in [0, 0.05) is 29.9 Å². The van der Waals surface area contributed by atoms with Gasteiger partial charge in [-0.1, -0.05) is 11.6 Å². The lowest BCUT2D eigenvalue weighted by molar-refractivity contribution is 0.512. The second kappa shape index (κ2) is 9.85. The number of halogens is 6. The van der Waals surface area contributed by atoms with Crippen molar-refractivity contribution in [2.45, 2.75) is 29.4 Å². The topological polar surface area (TPSA) is 50.3 Å². The van der Waals surface area contributed by atoms with Crippen LogP contribution in [0.1, 0.15) is 24.1 Å². The van der Waals surface area contributed by atoms with Gasteiger partial charge < -0.3 is 4.90 Å². The van der Waals surface area contributed by atoms with Gasteiger partial charge in [0.05, 0.1) is 19.9 Å². The molecule has 176 valence electrons. The van der Waals surface area contributed by atoms with Crippen LogP contribution in [0.5, 0.6) is 0 Å². The van der Waals surface area contributed by atoms with Crippen LogP contribution in [0, 0.1) is 17.5 Å². The number of sulfone groups is 1. The van der Waals surface area contributed by atoms with Crippen molar-refractivity contribution in [2.24, 2.45) is 0 Å². The van der Waals surface area contributed by atoms with Crippen LogP contribution in [-0.4, -0.2) is 31.7 Å². The maximum Gasteiger partial charge on any atom is 0.185 e. The quantitative estimate of drug-likeness (QED) is 0.288. The Labute approximate surface area is 215 Å². The highest BCUT2D eigenvalue weighted by Crippen LogP contribution is 2.37. The number of thiazole rings is 1. The smallest absolute Gasteiger partial charge is 0.185 e. The van der Waals surface area contributed by atoms with Gasteiger partial charge in [-0.25, -0.2) is 26.6 Å². The van der Waals surface area contributed by atoms with Gasteiger partial charge in [0.15, 0.2) is 20.8 Å². The van der Waals surface area contributed by atoms with E-state index in [0.717, 1.165) is 16.9 Å². The summed E-state index contributed by atoms with van der Waals surface area (Å²) in [6, 6.07) is 5.22. The number of aromatic nitrogens is 1. The molecule has 33 heavy (non-hydrogen) atoms. The molecule has 0 aliphatic carbocycles. The first kappa shape index (κ1) is 25.0. The molecule has 3 aromatic rings. The molecule has 12 heteroatoms. The molecule has 0 spiro atoms. The molecule has 4 rings (SSSR count). The van der Waals surface area contributed by atoms with Crippen molar-refractivity contribution >= 4 is 69.8 Å². The Morgan fingerprint density at radius 2 is 1.82 bits per heavy atom. The van der Waals surface area contributed by atoms with E-state index < -0.39 is 41.9 Å². The molecule has 1 fully saturated rings. The Bertz CT molecular complexity index is 1270. The molecule has 1 saturated heterocycles. The van der Waals surface area contributed by atoms with Crippen molar-refractivity contribution < 1.29 is 21.6 Å². The predicted octanol–water partition coefficient (Wildman–Crippen LogP) is 6.77. The molecule has 0 amide bonds. The van der Waals surface area contributed by atoms with Crippen molar-refractivity contribution in [1.29, 1.82) is 0 Å². The fourth-order valence-corrected chi connectivity index (χ4v) is 8.26. The van der Waals surface area contributed by atoms with Gasteiger partial charge in [0.1, 0.15) is 16.5 Å². The summed E-state index contributed by atoms with van der Waals surface area (Å²) < 4.78 is 67.8. The standard InChI is InChI=1S/C21H16Br2ClF3N2O2S2/c22-16-9-17(26)18(23)20(19(16)27)33(30,31)15-1-3-29(4-2-15)21-28-14(10-32-21)7-11-5-12(24)8-13(25)6-11/h5-6,8-10,15H,1-4,7H2. The summed E-state index contributed by atoms with van der Waals surface area (Å²) in [6.45, 7) is 0.802. The van der Waals surface area contributed by atoms with Crippen LogP contribution >= 0.6 is 54.8 Å². The minimum Gasteiger partial charge on any atom is -0.348 e. The summed E-state index contributed by atoms with van der Waals surface area (Å²) in [4.78, 5) is 5.90. The molecule has 4 nitrogen and oxygen atoms in total. The van der Waals surface area contributed by atoms with E-state index >= 15 is 0 Å². The summed E-state index contributed by atoms with van der Waals surface area (Å²) in [5, 5.41) is 2.07. The number of anilines is 1. The lowest BCUT2D eigenvalue weighted by atomic mass is 10.1. The number of hydrogen-bond donors (Lipinski definition) is 0. The van der Waals surface area contributed by atoms with Crippen molar-refractivity contribution in [1.82, 2.24) is 4.98 Å². The third-order valence-corrected chi connectivity index (χ3v) is 10.4. The minimum absolute atomic E-state index is 0.242. The molecule has 0 bridgehead atoms. The fourth-order valence-electron chi connectivity index (χ4n) is 3.77. The normalized spacial score (nSPS) is 15.3. The zero-order valence-corrected chi connectivity index (χ0v) is 22.4. The van der Waals surface area contributed by atoms with Crippen LogP contribution in [0.2, 0.25) is 5.02 Å². The Morgan fingerprint density at radius 3 is 2.48 bits per heavy atom. The first-order valence-corrected chi connectivity index (χ1v) is 14.2. The Morgan fingerprint density at radius 1 is 1.12 bits per heavy atom. The average molecular weight is 645 g/mol. The van der Waals surface area contributed by atoms with E-state index in [-0.39, 0.29) is 17.3 Å². The van der Waals surface area contributed by atoms with Crippen LogP contribution in [0.4, 0.5) is 18.3 Å². The molecule has 2 aromatic carbocycles. The van der Waals surface area contributed by atoms with E-state index in [2.05, 4.69) is 36.8 Å². The summed E-state index contributed by atoms with van der Waals surface area (Å²) >= 11 is 13.1. The van der Waals surface area contributed by atoms with Crippen LogP contribution < -0.4 is 4.90 Å². The average Bonchev–Trinajstić information content (AvgIpc) is 3.20. The van der Waals surface area contributed by atoms with E-state index in [4.69, 9.17) is 11.6 Å². The van der Waals surface area contributed by atoms with Gasteiger partial charge in [0.25, 0.3) is 0 Å². The van der Waals surface area contributed by atoms with Crippen LogP contribution in [0.3, 0.4) is 0 Å². The number of hydrogen-bond acceptors (Lipinski definition) is 5. The zero-order chi connectivity index (χ0) is 23.9. The molecule has 1 aliphatic rings. The van der Waals surface area contributed by atoms with E-state index in [1.807, 2.05) is 10.3 Å². The third-order valence-electron chi connectivity index (χ3n) is 5.35. The lowest BCUT2D eigenvalue weighted by Crippen LogP contribution is -2.39. The van der Waals surface area contributed by atoms with Gasteiger partial charge in [-0.05, 0) is 74.5 Å². The second-order valence-electron chi connectivity index (χ2n) is 7.60. The molecule has 0 unspecified atom stereocenters. The van der Waals surface area contributed by atoms with Crippen LogP contribution in [0.15, 0.2) is 43.5 Å². The Kier molecular flexibility index (Phi) is 7.45. The highest BCUT2D eigenvalue weighted by Gasteiger charge is 2.37. The van der Waals surface area contributed by atoms with Crippen molar-refractivity contribution in [3.8, 4) is 0 Å². The molecule has 1 aliphatic heterocycles. The fraction of sp³-hybridized carbons (Fsp3) is 0.286. The summed E-state index contributed by atoms with van der Waals surface area (Å²) in [5.74, 6) is -2.27. The van der Waals surface area contributed by atoms with Crippen LogP contribution in [0.25, 0.3) is 0 Å². The zero-order valence-electron chi connectivity index (χ0n) is 16.8. The highest BCUT2D eigenvalue weighted by atomic mass is 79.9. The lowest BCUT2D eigenvalue weighted by Gasteiger charge is -2.31. The van der Waals surface area contributed by atoms with E-state index in [9.17, 15) is 21.6 Å².